The molecule has 1 aromatic heterocycles. The van der Waals surface area contributed by atoms with Crippen LogP contribution in [0.25, 0.3) is 0 Å². The molecule has 1 atom stereocenters. The number of aliphatic hydroxyl groups excluding tert-OH is 1. The van der Waals surface area contributed by atoms with Crippen molar-refractivity contribution in [1.29, 1.82) is 0 Å². The van der Waals surface area contributed by atoms with Crippen LogP contribution in [0.4, 0.5) is 0 Å². The molecule has 2 N–H and O–H groups in total. The number of hydrogen-bond donors (Lipinski definition) is 2. The zero-order chi connectivity index (χ0) is 20.0. The van der Waals surface area contributed by atoms with Crippen LogP contribution in [0, 0.1) is 5.92 Å². The van der Waals surface area contributed by atoms with E-state index in [0.29, 0.717) is 17.0 Å². The van der Waals surface area contributed by atoms with Gasteiger partial charge in [0.05, 0.1) is 5.02 Å². The molecule has 0 aliphatic heterocycles. The van der Waals surface area contributed by atoms with E-state index in [1.165, 1.54) is 6.20 Å². The fourth-order valence-electron chi connectivity index (χ4n) is 2.65. The van der Waals surface area contributed by atoms with Crippen molar-refractivity contribution < 1.29 is 14.7 Å². The van der Waals surface area contributed by atoms with E-state index in [1.54, 1.807) is 24.4 Å². The lowest BCUT2D eigenvalue weighted by atomic mass is 9.86. The van der Waals surface area contributed by atoms with Gasteiger partial charge >= 0.3 is 0 Å². The molecule has 1 heterocycles. The third kappa shape index (κ3) is 5.88. The molecule has 5 nitrogen and oxygen atoms in total. The minimum absolute atomic E-state index is 0.0214. The highest BCUT2D eigenvalue weighted by molar-refractivity contribution is 6.42. The maximum atomic E-state index is 12.3. The van der Waals surface area contributed by atoms with Crippen molar-refractivity contribution in [2.24, 2.45) is 5.92 Å². The number of halogens is 1. The lowest BCUT2D eigenvalue weighted by molar-refractivity contribution is -0.117. The minimum atomic E-state index is -0.683. The third-order valence-corrected chi connectivity index (χ3v) is 4.73. The number of Topliss-reactive ketones (excluding diaryl/α,β-unsaturated/α-hetero) is 1. The monoisotopic (exact) mass is 388 g/mol. The largest absolute Gasteiger partial charge is 0.396 e. The average Bonchev–Trinajstić information content (AvgIpc) is 2.65. The number of amides is 1. The van der Waals surface area contributed by atoms with Gasteiger partial charge < -0.3 is 10.4 Å². The van der Waals surface area contributed by atoms with E-state index in [-0.39, 0.29) is 24.5 Å². The molecule has 0 aliphatic rings. The summed E-state index contributed by atoms with van der Waals surface area (Å²) in [6.07, 6.45) is 3.64. The molecule has 1 aromatic carbocycles. The Kier molecular flexibility index (Phi) is 7.11. The molecule has 144 valence electrons. The number of ketones is 1. The second-order valence-corrected chi connectivity index (χ2v) is 7.99. The van der Waals surface area contributed by atoms with Gasteiger partial charge in [-0.25, -0.2) is 0 Å². The molecule has 0 saturated heterocycles. The zero-order valence-corrected chi connectivity index (χ0v) is 16.6. The topological polar surface area (TPSA) is 79.3 Å². The molecule has 0 bridgehead atoms. The van der Waals surface area contributed by atoms with E-state index in [1.807, 2.05) is 12.1 Å². The number of rotatable bonds is 7. The number of aromatic nitrogens is 1. The van der Waals surface area contributed by atoms with Crippen molar-refractivity contribution in [2.45, 2.75) is 32.6 Å². The van der Waals surface area contributed by atoms with Gasteiger partial charge in [0.2, 0.25) is 5.78 Å². The molecule has 0 aliphatic carbocycles. The first-order valence-corrected chi connectivity index (χ1v) is 9.22. The minimum Gasteiger partial charge on any atom is -0.396 e. The predicted octanol–water partition coefficient (Wildman–Crippen LogP) is 3.18. The Morgan fingerprint density at radius 1 is 1.19 bits per heavy atom. The van der Waals surface area contributed by atoms with Gasteiger partial charge in [0.15, 0.2) is 0 Å². The Hall–Kier alpha value is -2.24. The van der Waals surface area contributed by atoms with Crippen LogP contribution in [0.5, 0.6) is 0 Å². The quantitative estimate of drug-likeness (QED) is 0.564. The number of hydrogen-bond acceptors (Lipinski definition) is 4. The molecule has 2 rings (SSSR count). The fourth-order valence-corrected chi connectivity index (χ4v) is 2.85. The van der Waals surface area contributed by atoms with Crippen molar-refractivity contribution >= 4 is 23.3 Å². The van der Waals surface area contributed by atoms with Crippen LogP contribution < -0.4 is 5.32 Å². The lowest BCUT2D eigenvalue weighted by Crippen LogP contribution is -2.36. The van der Waals surface area contributed by atoms with E-state index >= 15 is 0 Å². The van der Waals surface area contributed by atoms with Crippen molar-refractivity contribution in [2.75, 3.05) is 13.2 Å². The Balaban J connectivity index is 1.95. The zero-order valence-electron chi connectivity index (χ0n) is 15.8. The Morgan fingerprint density at radius 2 is 1.85 bits per heavy atom. The van der Waals surface area contributed by atoms with Gasteiger partial charge in [-0.2, -0.15) is 0 Å². The molecular formula is C21H25ClN2O3. The van der Waals surface area contributed by atoms with E-state index in [0.717, 1.165) is 11.1 Å². The summed E-state index contributed by atoms with van der Waals surface area (Å²) in [4.78, 5) is 28.4. The van der Waals surface area contributed by atoms with E-state index in [2.05, 4.69) is 31.1 Å². The molecule has 6 heteroatoms. The summed E-state index contributed by atoms with van der Waals surface area (Å²) in [6.45, 7) is 6.30. The van der Waals surface area contributed by atoms with Crippen LogP contribution in [0.3, 0.4) is 0 Å². The number of nitrogens with zero attached hydrogens (tertiary/aromatic N) is 1. The van der Waals surface area contributed by atoms with Crippen LogP contribution in [-0.2, 0) is 16.6 Å². The first-order chi connectivity index (χ1) is 12.7. The van der Waals surface area contributed by atoms with Crippen LogP contribution in [0.2, 0.25) is 5.02 Å². The van der Waals surface area contributed by atoms with E-state index < -0.39 is 11.7 Å². The predicted molar refractivity (Wildman–Crippen MR) is 106 cm³/mol. The molecule has 1 amide bonds. The molecule has 0 saturated carbocycles. The maximum Gasteiger partial charge on any atom is 0.292 e. The molecule has 2 aromatic rings. The molecule has 0 spiro atoms. The number of aliphatic hydroxyl groups is 1. The van der Waals surface area contributed by atoms with Crippen LogP contribution in [0.1, 0.15) is 42.3 Å². The van der Waals surface area contributed by atoms with E-state index in [4.69, 9.17) is 11.6 Å². The molecule has 27 heavy (non-hydrogen) atoms. The number of carbonyl (C=O) groups excluding carboxylic acids is 2. The normalized spacial score (nSPS) is 12.5. The van der Waals surface area contributed by atoms with Gasteiger partial charge in [0, 0.05) is 37.0 Å². The highest BCUT2D eigenvalue weighted by Crippen LogP contribution is 2.22. The van der Waals surface area contributed by atoms with Crippen molar-refractivity contribution in [3.05, 3.63) is 64.4 Å². The number of benzene rings is 1. The first kappa shape index (κ1) is 21.1. The van der Waals surface area contributed by atoms with Gasteiger partial charge in [-0.05, 0) is 29.0 Å². The second-order valence-electron chi connectivity index (χ2n) is 7.59. The number of pyridine rings is 1. The van der Waals surface area contributed by atoms with Crippen LogP contribution >= 0.6 is 11.6 Å². The fraction of sp³-hybridized carbons (Fsp3) is 0.381. The van der Waals surface area contributed by atoms with Crippen LogP contribution in [0.15, 0.2) is 42.7 Å². The summed E-state index contributed by atoms with van der Waals surface area (Å²) >= 11 is 6.08. The standard InChI is InChI=1S/C21H25ClN2O3/c1-21(2,3)17-6-4-15(5-7-17)19(26)20(27)24-11-14(13-25)10-16-8-9-23-12-18(16)22/h4-9,12,14,25H,10-11,13H2,1-3H3,(H,24,27). The van der Waals surface area contributed by atoms with Gasteiger partial charge in [-0.3, -0.25) is 14.6 Å². The van der Waals surface area contributed by atoms with Gasteiger partial charge in [0.25, 0.3) is 5.91 Å². The molecular weight excluding hydrogens is 364 g/mol. The number of carbonyl (C=O) groups is 2. The first-order valence-electron chi connectivity index (χ1n) is 8.84. The smallest absolute Gasteiger partial charge is 0.292 e. The lowest BCUT2D eigenvalue weighted by Gasteiger charge is -2.19. The maximum absolute atomic E-state index is 12.3. The number of nitrogens with one attached hydrogen (secondary N) is 1. The summed E-state index contributed by atoms with van der Waals surface area (Å²) in [5.41, 5.74) is 2.25. The molecule has 0 radical (unpaired) electrons. The summed E-state index contributed by atoms with van der Waals surface area (Å²) in [6, 6.07) is 8.84. The Labute approximate surface area is 164 Å². The van der Waals surface area contributed by atoms with E-state index in [9.17, 15) is 14.7 Å². The SMILES string of the molecule is CC(C)(C)c1ccc(C(=O)C(=O)NCC(CO)Cc2ccncc2Cl)cc1. The van der Waals surface area contributed by atoms with Crippen molar-refractivity contribution in [3.8, 4) is 0 Å². The van der Waals surface area contributed by atoms with Crippen molar-refractivity contribution in [3.63, 3.8) is 0 Å². The average molecular weight is 389 g/mol. The molecule has 0 fully saturated rings. The van der Waals surface area contributed by atoms with Crippen molar-refractivity contribution in [1.82, 2.24) is 10.3 Å². The third-order valence-electron chi connectivity index (χ3n) is 4.39. The highest BCUT2D eigenvalue weighted by atomic mass is 35.5. The summed E-state index contributed by atoms with van der Waals surface area (Å²) in [5.74, 6) is -1.52. The summed E-state index contributed by atoms with van der Waals surface area (Å²) < 4.78 is 0. The summed E-state index contributed by atoms with van der Waals surface area (Å²) in [5, 5.41) is 12.7. The second kappa shape index (κ2) is 9.11. The highest BCUT2D eigenvalue weighted by Gasteiger charge is 2.20. The van der Waals surface area contributed by atoms with Crippen LogP contribution in [-0.4, -0.2) is 34.9 Å². The Bertz CT molecular complexity index is 798. The van der Waals surface area contributed by atoms with Gasteiger partial charge in [-0.1, -0.05) is 56.6 Å². The molecule has 1 unspecified atom stereocenters. The van der Waals surface area contributed by atoms with Gasteiger partial charge in [-0.15, -0.1) is 0 Å². The summed E-state index contributed by atoms with van der Waals surface area (Å²) in [7, 11) is 0. The van der Waals surface area contributed by atoms with Gasteiger partial charge in [0.1, 0.15) is 0 Å². The Morgan fingerprint density at radius 3 is 2.41 bits per heavy atom.